The highest BCUT2D eigenvalue weighted by Crippen LogP contribution is 2.27. The largest absolute Gasteiger partial charge is 0.495 e. The van der Waals surface area contributed by atoms with Crippen LogP contribution in [0.1, 0.15) is 39.0 Å². The van der Waals surface area contributed by atoms with Crippen molar-refractivity contribution in [3.8, 4) is 5.75 Å². The predicted molar refractivity (Wildman–Crippen MR) is 86.1 cm³/mol. The van der Waals surface area contributed by atoms with Gasteiger partial charge in [-0.3, -0.25) is 4.79 Å². The third-order valence-corrected chi connectivity index (χ3v) is 4.19. The fourth-order valence-corrected chi connectivity index (χ4v) is 2.83. The van der Waals surface area contributed by atoms with E-state index < -0.39 is 0 Å². The molecule has 0 spiro atoms. The van der Waals surface area contributed by atoms with E-state index in [1.54, 1.807) is 19.2 Å². The summed E-state index contributed by atoms with van der Waals surface area (Å²) >= 11 is 5.99. The molecule has 1 fully saturated rings. The van der Waals surface area contributed by atoms with E-state index in [0.717, 1.165) is 18.5 Å². The third kappa shape index (κ3) is 4.53. The predicted octanol–water partition coefficient (Wildman–Crippen LogP) is 3.60. The van der Waals surface area contributed by atoms with Crippen LogP contribution in [0, 0.1) is 0 Å². The van der Waals surface area contributed by atoms with Gasteiger partial charge in [-0.1, -0.05) is 30.9 Å². The summed E-state index contributed by atoms with van der Waals surface area (Å²) in [5.74, 6) is 0.636. The Labute approximate surface area is 131 Å². The molecule has 1 saturated carbocycles. The summed E-state index contributed by atoms with van der Waals surface area (Å²) in [7, 11) is 1.57. The smallest absolute Gasteiger partial charge is 0.242 e. The lowest BCUT2D eigenvalue weighted by molar-refractivity contribution is -0.122. The van der Waals surface area contributed by atoms with Crippen LogP contribution in [0.25, 0.3) is 0 Å². The summed E-state index contributed by atoms with van der Waals surface area (Å²) < 4.78 is 5.18. The number of rotatable bonds is 5. The van der Waals surface area contributed by atoms with E-state index in [1.165, 1.54) is 19.3 Å². The van der Waals surface area contributed by atoms with Gasteiger partial charge in [-0.2, -0.15) is 0 Å². The Bertz CT molecular complexity index is 487. The van der Waals surface area contributed by atoms with Gasteiger partial charge < -0.3 is 15.4 Å². The van der Waals surface area contributed by atoms with Gasteiger partial charge in [0.25, 0.3) is 0 Å². The van der Waals surface area contributed by atoms with Crippen LogP contribution in [0.3, 0.4) is 0 Å². The minimum absolute atomic E-state index is 0.0378. The molecule has 4 nitrogen and oxygen atoms in total. The molecule has 1 aliphatic rings. The summed E-state index contributed by atoms with van der Waals surface area (Å²) in [6, 6.07) is 5.43. The lowest BCUT2D eigenvalue weighted by atomic mass is 9.95. The molecule has 0 aromatic heterocycles. The Morgan fingerprint density at radius 1 is 1.33 bits per heavy atom. The van der Waals surface area contributed by atoms with Crippen molar-refractivity contribution in [1.29, 1.82) is 0 Å². The minimum Gasteiger partial charge on any atom is -0.495 e. The molecular weight excluding hydrogens is 288 g/mol. The summed E-state index contributed by atoms with van der Waals surface area (Å²) in [5.41, 5.74) is 0.822. The van der Waals surface area contributed by atoms with Crippen molar-refractivity contribution in [2.75, 3.05) is 12.4 Å². The minimum atomic E-state index is -0.294. The number of carbonyl (C=O) groups is 1. The van der Waals surface area contributed by atoms with Crippen LogP contribution in [0.5, 0.6) is 5.75 Å². The molecule has 0 radical (unpaired) electrons. The Morgan fingerprint density at radius 2 is 2.05 bits per heavy atom. The van der Waals surface area contributed by atoms with Gasteiger partial charge in [0.05, 0.1) is 12.1 Å². The number of anilines is 1. The lowest BCUT2D eigenvalue weighted by Gasteiger charge is -2.25. The second-order valence-corrected chi connectivity index (χ2v) is 5.97. The van der Waals surface area contributed by atoms with E-state index in [9.17, 15) is 4.79 Å². The number of halogens is 1. The molecular formula is C16H23ClN2O2. The average Bonchev–Trinajstić information content (AvgIpc) is 2.50. The molecule has 1 atom stereocenters. The van der Waals surface area contributed by atoms with Gasteiger partial charge in [0.2, 0.25) is 5.91 Å². The maximum Gasteiger partial charge on any atom is 0.242 e. The Balaban J connectivity index is 1.90. The Hall–Kier alpha value is -1.42. The summed E-state index contributed by atoms with van der Waals surface area (Å²) in [6.07, 6.45) is 5.88. The highest BCUT2D eigenvalue weighted by atomic mass is 35.5. The molecule has 0 aliphatic heterocycles. The lowest BCUT2D eigenvalue weighted by Crippen LogP contribution is -2.43. The van der Waals surface area contributed by atoms with Crippen molar-refractivity contribution in [3.63, 3.8) is 0 Å². The molecule has 1 unspecified atom stereocenters. The maximum atomic E-state index is 12.2. The first-order valence-electron chi connectivity index (χ1n) is 7.50. The quantitative estimate of drug-likeness (QED) is 0.873. The van der Waals surface area contributed by atoms with Crippen LogP contribution in [0.15, 0.2) is 18.2 Å². The molecule has 1 amide bonds. The summed E-state index contributed by atoms with van der Waals surface area (Å²) in [4.78, 5) is 12.2. The van der Waals surface area contributed by atoms with Gasteiger partial charge >= 0.3 is 0 Å². The number of nitrogens with one attached hydrogen (secondary N) is 2. The first-order valence-corrected chi connectivity index (χ1v) is 7.88. The van der Waals surface area contributed by atoms with E-state index in [2.05, 4.69) is 10.6 Å². The van der Waals surface area contributed by atoms with Gasteiger partial charge in [0.15, 0.2) is 0 Å². The molecule has 0 saturated heterocycles. The molecule has 2 rings (SSSR count). The number of benzene rings is 1. The highest BCUT2D eigenvalue weighted by Gasteiger charge is 2.19. The van der Waals surface area contributed by atoms with E-state index >= 15 is 0 Å². The van der Waals surface area contributed by atoms with Crippen molar-refractivity contribution >= 4 is 23.2 Å². The number of hydrogen-bond donors (Lipinski definition) is 2. The van der Waals surface area contributed by atoms with Crippen molar-refractivity contribution in [3.05, 3.63) is 23.2 Å². The second-order valence-electron chi connectivity index (χ2n) is 5.56. The highest BCUT2D eigenvalue weighted by molar-refractivity contribution is 6.32. The average molecular weight is 311 g/mol. The van der Waals surface area contributed by atoms with Crippen molar-refractivity contribution < 1.29 is 9.53 Å². The first-order chi connectivity index (χ1) is 10.1. The van der Waals surface area contributed by atoms with Crippen LogP contribution in [-0.4, -0.2) is 25.1 Å². The van der Waals surface area contributed by atoms with Gasteiger partial charge in [-0.15, -0.1) is 0 Å². The van der Waals surface area contributed by atoms with E-state index in [1.807, 2.05) is 13.0 Å². The molecule has 1 aromatic carbocycles. The number of ether oxygens (including phenoxy) is 1. The fourth-order valence-electron chi connectivity index (χ4n) is 2.64. The first kappa shape index (κ1) is 16.0. The zero-order valence-electron chi connectivity index (χ0n) is 12.6. The van der Waals surface area contributed by atoms with Crippen LogP contribution in [0.4, 0.5) is 5.69 Å². The van der Waals surface area contributed by atoms with Gasteiger partial charge in [-0.05, 0) is 31.9 Å². The van der Waals surface area contributed by atoms with Crippen LogP contribution >= 0.6 is 11.6 Å². The number of carbonyl (C=O) groups excluding carboxylic acids is 1. The molecule has 0 bridgehead atoms. The maximum absolute atomic E-state index is 12.2. The molecule has 2 N–H and O–H groups in total. The third-order valence-electron chi connectivity index (χ3n) is 3.88. The number of hydrogen-bond acceptors (Lipinski definition) is 3. The normalized spacial score (nSPS) is 17.1. The SMILES string of the molecule is COc1cc(NC(C)C(=O)NC2CCCCC2)ccc1Cl. The standard InChI is InChI=1S/C16H23ClN2O2/c1-11(16(20)19-12-6-4-3-5-7-12)18-13-8-9-14(17)15(10-13)21-2/h8-12,18H,3-7H2,1-2H3,(H,19,20). The number of methoxy groups -OCH3 is 1. The van der Waals surface area contributed by atoms with Crippen molar-refractivity contribution in [1.82, 2.24) is 5.32 Å². The molecule has 5 heteroatoms. The topological polar surface area (TPSA) is 50.4 Å². The van der Waals surface area contributed by atoms with Crippen LogP contribution < -0.4 is 15.4 Å². The van der Waals surface area contributed by atoms with E-state index in [0.29, 0.717) is 16.8 Å². The van der Waals surface area contributed by atoms with E-state index in [4.69, 9.17) is 16.3 Å². The van der Waals surface area contributed by atoms with Gasteiger partial charge in [0.1, 0.15) is 11.8 Å². The molecule has 0 heterocycles. The monoisotopic (exact) mass is 310 g/mol. The molecule has 1 aliphatic carbocycles. The summed E-state index contributed by atoms with van der Waals surface area (Å²) in [5, 5.41) is 6.86. The fraction of sp³-hybridized carbons (Fsp3) is 0.562. The molecule has 1 aromatic rings. The Morgan fingerprint density at radius 3 is 2.71 bits per heavy atom. The zero-order valence-corrected chi connectivity index (χ0v) is 13.4. The van der Waals surface area contributed by atoms with E-state index in [-0.39, 0.29) is 11.9 Å². The molecule has 116 valence electrons. The van der Waals surface area contributed by atoms with Gasteiger partial charge in [0, 0.05) is 17.8 Å². The zero-order chi connectivity index (χ0) is 15.2. The van der Waals surface area contributed by atoms with Crippen molar-refractivity contribution in [2.24, 2.45) is 0 Å². The van der Waals surface area contributed by atoms with Gasteiger partial charge in [-0.25, -0.2) is 0 Å². The summed E-state index contributed by atoms with van der Waals surface area (Å²) in [6.45, 7) is 1.86. The second kappa shape index (κ2) is 7.55. The van der Waals surface area contributed by atoms with Crippen LogP contribution in [-0.2, 0) is 4.79 Å². The molecule has 21 heavy (non-hydrogen) atoms. The van der Waals surface area contributed by atoms with Crippen molar-refractivity contribution in [2.45, 2.75) is 51.1 Å². The van der Waals surface area contributed by atoms with Crippen LogP contribution in [0.2, 0.25) is 5.02 Å². The number of amides is 1. The Kier molecular flexibility index (Phi) is 5.74.